The second-order valence-corrected chi connectivity index (χ2v) is 4.35. The van der Waals surface area contributed by atoms with Crippen molar-refractivity contribution in [1.29, 1.82) is 0 Å². The van der Waals surface area contributed by atoms with Gasteiger partial charge in [0.1, 0.15) is 6.33 Å². The third kappa shape index (κ3) is 1.31. The molecule has 0 radical (unpaired) electrons. The summed E-state index contributed by atoms with van der Waals surface area (Å²) < 4.78 is 2.53. The zero-order valence-electron chi connectivity index (χ0n) is 7.35. The van der Waals surface area contributed by atoms with E-state index in [1.54, 1.807) is 4.52 Å². The number of fused-ring (bicyclic) bond motifs is 3. The molecule has 0 aliphatic carbocycles. The average Bonchev–Trinajstić information content (AvgIpc) is 2.66. The first-order valence-electron chi connectivity index (χ1n) is 4.20. The van der Waals surface area contributed by atoms with Gasteiger partial charge < -0.3 is 0 Å². The Labute approximate surface area is 98.0 Å². The van der Waals surface area contributed by atoms with E-state index in [4.69, 9.17) is 11.6 Å². The van der Waals surface area contributed by atoms with Gasteiger partial charge in [0.15, 0.2) is 10.8 Å². The van der Waals surface area contributed by atoms with Crippen LogP contribution < -0.4 is 0 Å². The quantitative estimate of drug-likeness (QED) is 0.637. The van der Waals surface area contributed by atoms with E-state index in [2.05, 4.69) is 31.2 Å². The zero-order chi connectivity index (χ0) is 10.4. The number of hydrogen-bond acceptors (Lipinski definition) is 3. The van der Waals surface area contributed by atoms with Gasteiger partial charge in [0.05, 0.1) is 0 Å². The van der Waals surface area contributed by atoms with Crippen LogP contribution in [0.4, 0.5) is 0 Å². The Morgan fingerprint density at radius 3 is 3.00 bits per heavy atom. The van der Waals surface area contributed by atoms with Crippen molar-refractivity contribution in [2.45, 2.75) is 0 Å². The van der Waals surface area contributed by atoms with Crippen LogP contribution in [0.2, 0.25) is 5.15 Å². The number of nitrogens with zero attached hydrogens (tertiary/aromatic N) is 4. The van der Waals surface area contributed by atoms with Crippen LogP contribution in [0.5, 0.6) is 0 Å². The van der Waals surface area contributed by atoms with E-state index in [9.17, 15) is 0 Å². The predicted octanol–water partition coefficient (Wildman–Crippen LogP) is 2.69. The largest absolute Gasteiger partial charge is 0.198 e. The van der Waals surface area contributed by atoms with E-state index in [1.807, 2.05) is 18.2 Å². The van der Waals surface area contributed by atoms with Gasteiger partial charge in [0.2, 0.25) is 0 Å². The van der Waals surface area contributed by atoms with Crippen molar-refractivity contribution in [2.75, 3.05) is 0 Å². The van der Waals surface area contributed by atoms with Crippen LogP contribution in [0.15, 0.2) is 29.0 Å². The predicted molar refractivity (Wildman–Crippen MR) is 61.0 cm³/mol. The molecule has 0 amide bonds. The van der Waals surface area contributed by atoms with Crippen molar-refractivity contribution < 1.29 is 0 Å². The molecule has 3 aromatic rings. The highest BCUT2D eigenvalue weighted by Gasteiger charge is 2.08. The number of aromatic nitrogens is 4. The van der Waals surface area contributed by atoms with Crippen LogP contribution in [0, 0.1) is 0 Å². The van der Waals surface area contributed by atoms with E-state index >= 15 is 0 Å². The summed E-state index contributed by atoms with van der Waals surface area (Å²) in [6, 6.07) is 5.80. The molecule has 0 atom stereocenters. The molecule has 0 unspecified atom stereocenters. The summed E-state index contributed by atoms with van der Waals surface area (Å²) in [5.41, 5.74) is 0.710. The Hall–Kier alpha value is -1.20. The minimum absolute atomic E-state index is 0.443. The summed E-state index contributed by atoms with van der Waals surface area (Å²) in [4.78, 5) is 0. The highest BCUT2D eigenvalue weighted by molar-refractivity contribution is 9.10. The van der Waals surface area contributed by atoms with Crippen LogP contribution in [0.1, 0.15) is 0 Å². The van der Waals surface area contributed by atoms with E-state index in [-0.39, 0.29) is 0 Å². The smallest absolute Gasteiger partial charge is 0.185 e. The molecule has 0 aliphatic rings. The normalized spacial score (nSPS) is 11.3. The van der Waals surface area contributed by atoms with E-state index in [0.717, 1.165) is 15.2 Å². The van der Waals surface area contributed by atoms with Gasteiger partial charge in [-0.15, -0.1) is 10.2 Å². The SMILES string of the molecule is Clc1nn2cnnc2c2ccc(Br)cc12. The summed E-state index contributed by atoms with van der Waals surface area (Å²) in [5.74, 6) is 0. The molecule has 15 heavy (non-hydrogen) atoms. The Balaban J connectivity index is 2.61. The Bertz CT molecular complexity index is 664. The topological polar surface area (TPSA) is 43.1 Å². The molecule has 0 N–H and O–H groups in total. The number of benzene rings is 1. The van der Waals surface area contributed by atoms with Gasteiger partial charge in [-0.2, -0.15) is 9.61 Å². The molecule has 0 bridgehead atoms. The van der Waals surface area contributed by atoms with Crippen molar-refractivity contribution in [3.63, 3.8) is 0 Å². The van der Waals surface area contributed by atoms with Gasteiger partial charge in [-0.1, -0.05) is 27.5 Å². The zero-order valence-corrected chi connectivity index (χ0v) is 9.70. The van der Waals surface area contributed by atoms with Crippen LogP contribution >= 0.6 is 27.5 Å². The molecule has 6 heteroatoms. The number of hydrogen-bond donors (Lipinski definition) is 0. The Morgan fingerprint density at radius 1 is 1.27 bits per heavy atom. The number of rotatable bonds is 0. The third-order valence-corrected chi connectivity index (χ3v) is 2.94. The monoisotopic (exact) mass is 282 g/mol. The lowest BCUT2D eigenvalue weighted by Crippen LogP contribution is -1.92. The van der Waals surface area contributed by atoms with Gasteiger partial charge >= 0.3 is 0 Å². The van der Waals surface area contributed by atoms with Gasteiger partial charge in [0, 0.05) is 15.2 Å². The molecule has 1 aromatic carbocycles. The van der Waals surface area contributed by atoms with Gasteiger partial charge in [-0.25, -0.2) is 0 Å². The lowest BCUT2D eigenvalue weighted by Gasteiger charge is -2.01. The average molecular weight is 284 g/mol. The van der Waals surface area contributed by atoms with Crippen molar-refractivity contribution in [2.24, 2.45) is 0 Å². The summed E-state index contributed by atoms with van der Waals surface area (Å²) in [6.45, 7) is 0. The third-order valence-electron chi connectivity index (χ3n) is 2.17. The molecule has 4 nitrogen and oxygen atoms in total. The van der Waals surface area contributed by atoms with Crippen molar-refractivity contribution in [3.8, 4) is 0 Å². The molecule has 0 saturated carbocycles. The lowest BCUT2D eigenvalue weighted by molar-refractivity contribution is 0.936. The highest BCUT2D eigenvalue weighted by Crippen LogP contribution is 2.26. The molecule has 2 heterocycles. The Morgan fingerprint density at radius 2 is 2.13 bits per heavy atom. The van der Waals surface area contributed by atoms with Crippen molar-refractivity contribution in [1.82, 2.24) is 19.8 Å². The molecule has 2 aromatic heterocycles. The maximum Gasteiger partial charge on any atom is 0.185 e. The molecule has 0 spiro atoms. The summed E-state index contributed by atoms with van der Waals surface area (Å²) >= 11 is 9.45. The fourth-order valence-corrected chi connectivity index (χ4v) is 2.11. The molecular formula is C9H4BrClN4. The minimum atomic E-state index is 0.443. The first-order chi connectivity index (χ1) is 7.25. The fraction of sp³-hybridized carbons (Fsp3) is 0. The molecular weight excluding hydrogens is 279 g/mol. The molecule has 74 valence electrons. The summed E-state index contributed by atoms with van der Waals surface area (Å²) in [5, 5.41) is 14.2. The summed E-state index contributed by atoms with van der Waals surface area (Å²) in [7, 11) is 0. The molecule has 0 saturated heterocycles. The van der Waals surface area contributed by atoms with E-state index < -0.39 is 0 Å². The van der Waals surface area contributed by atoms with Gasteiger partial charge in [0.25, 0.3) is 0 Å². The second kappa shape index (κ2) is 3.15. The first kappa shape index (κ1) is 9.06. The Kier molecular flexibility index (Phi) is 1.90. The van der Waals surface area contributed by atoms with Crippen LogP contribution in [-0.2, 0) is 0 Å². The van der Waals surface area contributed by atoms with Crippen LogP contribution in [0.3, 0.4) is 0 Å². The first-order valence-corrected chi connectivity index (χ1v) is 5.37. The standard InChI is InChI=1S/C9H4BrClN4/c10-5-1-2-6-7(3-5)8(11)14-15-4-12-13-9(6)15/h1-4H. The van der Waals surface area contributed by atoms with E-state index in [0.29, 0.717) is 10.8 Å². The van der Waals surface area contributed by atoms with Crippen LogP contribution in [0.25, 0.3) is 16.4 Å². The summed E-state index contributed by atoms with van der Waals surface area (Å²) in [6.07, 6.45) is 1.53. The number of halogens is 2. The fourth-order valence-electron chi connectivity index (χ4n) is 1.51. The van der Waals surface area contributed by atoms with E-state index in [1.165, 1.54) is 6.33 Å². The molecule has 0 fully saturated rings. The molecule has 3 rings (SSSR count). The maximum atomic E-state index is 6.06. The van der Waals surface area contributed by atoms with Gasteiger partial charge in [-0.05, 0) is 18.2 Å². The minimum Gasteiger partial charge on any atom is -0.198 e. The van der Waals surface area contributed by atoms with Crippen LogP contribution in [-0.4, -0.2) is 19.8 Å². The maximum absolute atomic E-state index is 6.06. The van der Waals surface area contributed by atoms with Crippen molar-refractivity contribution in [3.05, 3.63) is 34.2 Å². The van der Waals surface area contributed by atoms with Crippen molar-refractivity contribution >= 4 is 44.0 Å². The van der Waals surface area contributed by atoms with Gasteiger partial charge in [-0.3, -0.25) is 0 Å². The lowest BCUT2D eigenvalue weighted by atomic mass is 10.2. The second-order valence-electron chi connectivity index (χ2n) is 3.08. The molecule has 0 aliphatic heterocycles. The highest BCUT2D eigenvalue weighted by atomic mass is 79.9.